The average molecular weight is 468 g/mol. The average Bonchev–Trinajstić information content (AvgIpc) is 2.83. The Labute approximate surface area is 191 Å². The van der Waals surface area contributed by atoms with Crippen molar-refractivity contribution in [2.24, 2.45) is 0 Å². The second-order valence-corrected chi connectivity index (χ2v) is 9.58. The van der Waals surface area contributed by atoms with Gasteiger partial charge in [-0.1, -0.05) is 42.5 Å². The van der Waals surface area contributed by atoms with E-state index in [0.717, 1.165) is 23.3 Å². The summed E-state index contributed by atoms with van der Waals surface area (Å²) >= 11 is 0. The summed E-state index contributed by atoms with van der Waals surface area (Å²) in [5, 5.41) is 0. The van der Waals surface area contributed by atoms with Crippen LogP contribution in [0.25, 0.3) is 0 Å². The largest absolute Gasteiger partial charge is 0.457 e. The van der Waals surface area contributed by atoms with Crippen molar-refractivity contribution in [1.82, 2.24) is 4.31 Å². The summed E-state index contributed by atoms with van der Waals surface area (Å²) in [5.41, 5.74) is 1.93. The second-order valence-electron chi connectivity index (χ2n) is 7.69. The van der Waals surface area contributed by atoms with E-state index < -0.39 is 40.2 Å². The number of hydrogen-bond acceptors (Lipinski definition) is 5. The number of carbonyl (C=O) groups excluding carboxylic acids is 2. The van der Waals surface area contributed by atoms with Gasteiger partial charge in [0.25, 0.3) is 0 Å². The van der Waals surface area contributed by atoms with Crippen LogP contribution in [0.5, 0.6) is 0 Å². The Morgan fingerprint density at radius 3 is 2.33 bits per heavy atom. The van der Waals surface area contributed by atoms with Crippen LogP contribution in [0.3, 0.4) is 0 Å². The fourth-order valence-electron chi connectivity index (χ4n) is 3.94. The van der Waals surface area contributed by atoms with Crippen molar-refractivity contribution >= 4 is 21.8 Å². The van der Waals surface area contributed by atoms with Crippen molar-refractivity contribution in [3.05, 3.63) is 101 Å². The molecule has 1 unspecified atom stereocenters. The highest BCUT2D eigenvalue weighted by molar-refractivity contribution is 7.89. The molecular weight excluding hydrogens is 445 g/mol. The van der Waals surface area contributed by atoms with Crippen LogP contribution in [0.2, 0.25) is 0 Å². The van der Waals surface area contributed by atoms with Crippen LogP contribution >= 0.6 is 0 Å². The van der Waals surface area contributed by atoms with E-state index in [1.54, 1.807) is 24.3 Å². The molecule has 0 saturated carbocycles. The number of hydrogen-bond donors (Lipinski definition) is 0. The first kappa shape index (κ1) is 22.8. The zero-order valence-corrected chi connectivity index (χ0v) is 18.5. The van der Waals surface area contributed by atoms with Gasteiger partial charge in [-0.05, 0) is 53.9 Å². The highest BCUT2D eigenvalue weighted by atomic mass is 32.2. The zero-order chi connectivity index (χ0) is 23.4. The van der Waals surface area contributed by atoms with Crippen molar-refractivity contribution < 1.29 is 27.1 Å². The Hall–Kier alpha value is -3.36. The van der Waals surface area contributed by atoms with Gasteiger partial charge in [0.1, 0.15) is 5.82 Å². The molecule has 1 atom stereocenters. The maximum atomic E-state index is 13.4. The lowest BCUT2D eigenvalue weighted by atomic mass is 9.92. The van der Waals surface area contributed by atoms with Crippen LogP contribution in [0.15, 0.2) is 83.8 Å². The summed E-state index contributed by atoms with van der Waals surface area (Å²) in [6.45, 7) is -0.287. The van der Waals surface area contributed by atoms with Crippen LogP contribution in [0, 0.1) is 5.82 Å². The molecule has 3 aromatic rings. The topological polar surface area (TPSA) is 80.8 Å². The molecule has 0 fully saturated rings. The molecule has 0 radical (unpaired) electrons. The molecule has 170 valence electrons. The van der Waals surface area contributed by atoms with E-state index in [4.69, 9.17) is 4.74 Å². The number of nitrogens with zero attached hydrogens (tertiary/aromatic N) is 1. The third-order valence-corrected chi connectivity index (χ3v) is 7.53. The van der Waals surface area contributed by atoms with Crippen LogP contribution in [0.1, 0.15) is 33.9 Å². The zero-order valence-electron chi connectivity index (χ0n) is 17.7. The highest BCUT2D eigenvalue weighted by Crippen LogP contribution is 2.36. The molecule has 0 amide bonds. The van der Waals surface area contributed by atoms with Crippen LogP contribution in [-0.2, 0) is 26.0 Å². The van der Waals surface area contributed by atoms with Crippen molar-refractivity contribution in [3.63, 3.8) is 0 Å². The molecule has 0 aromatic heterocycles. The summed E-state index contributed by atoms with van der Waals surface area (Å²) in [7, 11) is -3.85. The van der Waals surface area contributed by atoms with Gasteiger partial charge in [0.05, 0.1) is 17.4 Å². The Balaban J connectivity index is 1.54. The molecule has 6 nitrogen and oxygen atoms in total. The van der Waals surface area contributed by atoms with E-state index >= 15 is 0 Å². The minimum atomic E-state index is -3.85. The van der Waals surface area contributed by atoms with Crippen LogP contribution < -0.4 is 0 Å². The molecule has 1 aliphatic rings. The maximum Gasteiger partial charge on any atom is 0.308 e. The molecule has 0 aliphatic carbocycles. The van der Waals surface area contributed by atoms with E-state index in [1.165, 1.54) is 28.6 Å². The molecule has 1 aliphatic heterocycles. The number of fused-ring (bicyclic) bond motifs is 1. The highest BCUT2D eigenvalue weighted by Gasteiger charge is 2.37. The van der Waals surface area contributed by atoms with Crippen LogP contribution in [0.4, 0.5) is 4.39 Å². The van der Waals surface area contributed by atoms with E-state index in [0.29, 0.717) is 6.42 Å². The monoisotopic (exact) mass is 467 g/mol. The van der Waals surface area contributed by atoms with Crippen molar-refractivity contribution in [1.29, 1.82) is 0 Å². The number of benzene rings is 3. The van der Waals surface area contributed by atoms with E-state index in [1.807, 2.05) is 18.2 Å². The molecule has 0 spiro atoms. The number of sulfonamides is 1. The van der Waals surface area contributed by atoms with Crippen molar-refractivity contribution in [3.8, 4) is 0 Å². The third-order valence-electron chi connectivity index (χ3n) is 5.60. The number of esters is 1. The first-order valence-corrected chi connectivity index (χ1v) is 11.9. The first-order valence-electron chi connectivity index (χ1n) is 10.5. The molecule has 8 heteroatoms. The Morgan fingerprint density at radius 1 is 0.939 bits per heavy atom. The third kappa shape index (κ3) is 5.02. The quantitative estimate of drug-likeness (QED) is 0.389. The van der Waals surface area contributed by atoms with Crippen molar-refractivity contribution in [2.45, 2.75) is 23.8 Å². The lowest BCUT2D eigenvalue weighted by Crippen LogP contribution is -2.41. The molecule has 0 saturated heterocycles. The number of halogens is 1. The number of rotatable bonds is 7. The molecule has 1 heterocycles. The first-order chi connectivity index (χ1) is 15.9. The summed E-state index contributed by atoms with van der Waals surface area (Å²) in [6, 6.07) is 19.6. The summed E-state index contributed by atoms with van der Waals surface area (Å²) in [6.07, 6.45) is 0.288. The predicted octanol–water partition coefficient (Wildman–Crippen LogP) is 3.93. The normalized spacial score (nSPS) is 16.1. The van der Waals surface area contributed by atoms with Gasteiger partial charge in [0.15, 0.2) is 12.4 Å². The summed E-state index contributed by atoms with van der Waals surface area (Å²) < 4.78 is 46.3. The number of ether oxygens (including phenoxy) is 1. The number of Topliss-reactive ketones (excluding diaryl/α,β-unsaturated/α-hetero) is 1. The maximum absolute atomic E-state index is 13.4. The molecule has 3 aromatic carbocycles. The van der Waals surface area contributed by atoms with Gasteiger partial charge in [0.2, 0.25) is 10.0 Å². The van der Waals surface area contributed by atoms with Crippen molar-refractivity contribution in [2.75, 3.05) is 13.2 Å². The number of carbonyl (C=O) groups is 2. The fraction of sp³-hybridized carbons (Fsp3) is 0.200. The van der Waals surface area contributed by atoms with E-state index in [2.05, 4.69) is 0 Å². The SMILES string of the molecule is O=C(CC1c2ccccc2CCN1S(=O)(=O)c1ccccc1)OCC(=O)c1ccc(F)cc1. The van der Waals surface area contributed by atoms with Gasteiger partial charge >= 0.3 is 5.97 Å². The van der Waals surface area contributed by atoms with E-state index in [9.17, 15) is 22.4 Å². The van der Waals surface area contributed by atoms with Gasteiger partial charge in [-0.2, -0.15) is 4.31 Å². The Morgan fingerprint density at radius 2 is 1.61 bits per heavy atom. The molecular formula is C25H22FNO5S. The molecule has 0 bridgehead atoms. The van der Waals surface area contributed by atoms with E-state index in [-0.39, 0.29) is 23.4 Å². The van der Waals surface area contributed by atoms with Gasteiger partial charge < -0.3 is 4.74 Å². The second kappa shape index (κ2) is 9.64. The fourth-order valence-corrected chi connectivity index (χ4v) is 5.56. The van der Waals surface area contributed by atoms with Gasteiger partial charge in [0, 0.05) is 12.1 Å². The Kier molecular flexibility index (Phi) is 6.67. The van der Waals surface area contributed by atoms with Crippen LogP contribution in [-0.4, -0.2) is 37.6 Å². The molecule has 4 rings (SSSR count). The minimum Gasteiger partial charge on any atom is -0.457 e. The standard InChI is InChI=1S/C25H22FNO5S/c26-20-12-10-19(11-13-20)24(28)17-32-25(29)16-23-22-9-5-4-6-18(22)14-15-27(23)33(30,31)21-7-2-1-3-8-21/h1-13,23H,14-17H2. The van der Waals surface area contributed by atoms with Gasteiger partial charge in [-0.25, -0.2) is 12.8 Å². The molecule has 33 heavy (non-hydrogen) atoms. The summed E-state index contributed by atoms with van der Waals surface area (Å²) in [4.78, 5) is 25.1. The number of ketones is 1. The summed E-state index contributed by atoms with van der Waals surface area (Å²) in [5.74, 6) is -1.64. The minimum absolute atomic E-state index is 0.147. The molecule has 0 N–H and O–H groups in total. The Bertz CT molecular complexity index is 1260. The van der Waals surface area contributed by atoms with Gasteiger partial charge in [-0.15, -0.1) is 0 Å². The van der Waals surface area contributed by atoms with Gasteiger partial charge in [-0.3, -0.25) is 9.59 Å². The lowest BCUT2D eigenvalue weighted by Gasteiger charge is -2.36. The smallest absolute Gasteiger partial charge is 0.308 e. The predicted molar refractivity (Wildman–Crippen MR) is 120 cm³/mol. The lowest BCUT2D eigenvalue weighted by molar-refractivity contribution is -0.143.